The molecular formula is C17H16N2O6S. The Labute approximate surface area is 151 Å². The van der Waals surface area contributed by atoms with Crippen molar-refractivity contribution in [2.75, 3.05) is 26.1 Å². The summed E-state index contributed by atoms with van der Waals surface area (Å²) in [4.78, 5) is 11.9. The molecule has 2 aromatic carbocycles. The summed E-state index contributed by atoms with van der Waals surface area (Å²) in [6.07, 6.45) is 0. The molecule has 0 bridgehead atoms. The Balaban J connectivity index is 2.56. The molecule has 1 N–H and O–H groups in total. The number of hydrogen-bond donors (Lipinski definition) is 1. The monoisotopic (exact) mass is 376 g/mol. The van der Waals surface area contributed by atoms with Crippen LogP contribution in [0.2, 0.25) is 0 Å². The molecule has 0 amide bonds. The number of hydrogen-bond acceptors (Lipinski definition) is 7. The first kappa shape index (κ1) is 19.1. The van der Waals surface area contributed by atoms with Gasteiger partial charge in [0.15, 0.2) is 11.5 Å². The predicted molar refractivity (Wildman–Crippen MR) is 92.9 cm³/mol. The molecule has 9 heteroatoms. The molecule has 0 unspecified atom stereocenters. The Morgan fingerprint density at radius 2 is 1.73 bits per heavy atom. The third-order valence-corrected chi connectivity index (χ3v) is 4.81. The van der Waals surface area contributed by atoms with Crippen molar-refractivity contribution in [1.82, 2.24) is 0 Å². The lowest BCUT2D eigenvalue weighted by Gasteiger charge is -2.15. The maximum atomic E-state index is 12.6. The lowest BCUT2D eigenvalue weighted by atomic mass is 10.1. The van der Waals surface area contributed by atoms with Crippen molar-refractivity contribution in [2.24, 2.45) is 0 Å². The van der Waals surface area contributed by atoms with Crippen LogP contribution in [0.25, 0.3) is 0 Å². The second-order valence-corrected chi connectivity index (χ2v) is 6.67. The van der Waals surface area contributed by atoms with Crippen LogP contribution in [0.15, 0.2) is 41.3 Å². The minimum atomic E-state index is -4.06. The topological polar surface area (TPSA) is 115 Å². The highest BCUT2D eigenvalue weighted by atomic mass is 32.2. The third-order valence-electron chi connectivity index (χ3n) is 3.45. The van der Waals surface area contributed by atoms with Gasteiger partial charge in [0.25, 0.3) is 10.0 Å². The van der Waals surface area contributed by atoms with Gasteiger partial charge in [-0.05, 0) is 18.2 Å². The van der Waals surface area contributed by atoms with Crippen LogP contribution in [-0.4, -0.2) is 35.7 Å². The fourth-order valence-electron chi connectivity index (χ4n) is 2.18. The molecule has 0 aliphatic rings. The number of esters is 1. The smallest absolute Gasteiger partial charge is 0.340 e. The van der Waals surface area contributed by atoms with Crippen LogP contribution in [-0.2, 0) is 14.8 Å². The Bertz CT molecular complexity index is 979. The summed E-state index contributed by atoms with van der Waals surface area (Å²) in [6.45, 7) is 0. The number of methoxy groups -OCH3 is 3. The zero-order valence-corrected chi connectivity index (χ0v) is 15.1. The highest BCUT2D eigenvalue weighted by Crippen LogP contribution is 2.34. The average molecular weight is 376 g/mol. The van der Waals surface area contributed by atoms with E-state index >= 15 is 0 Å². The highest BCUT2D eigenvalue weighted by Gasteiger charge is 2.22. The molecule has 0 saturated heterocycles. The first-order chi connectivity index (χ1) is 12.4. The van der Waals surface area contributed by atoms with E-state index < -0.39 is 16.0 Å². The number of anilines is 1. The van der Waals surface area contributed by atoms with Crippen molar-refractivity contribution in [1.29, 1.82) is 5.26 Å². The summed E-state index contributed by atoms with van der Waals surface area (Å²) >= 11 is 0. The van der Waals surface area contributed by atoms with E-state index in [1.54, 1.807) is 0 Å². The standard InChI is InChI=1S/C17H16N2O6S/c1-23-15-8-13(17(20)25-3)14(9-16(15)24-2)19-26(21,22)12-6-4-5-11(7-12)10-18/h4-9,19H,1-3H3. The summed E-state index contributed by atoms with van der Waals surface area (Å²) in [6, 6.07) is 9.99. The van der Waals surface area contributed by atoms with Crippen molar-refractivity contribution in [3.63, 3.8) is 0 Å². The van der Waals surface area contributed by atoms with Gasteiger partial charge in [-0.3, -0.25) is 4.72 Å². The lowest BCUT2D eigenvalue weighted by Crippen LogP contribution is -2.16. The number of benzene rings is 2. The molecule has 0 aliphatic carbocycles. The maximum absolute atomic E-state index is 12.6. The van der Waals surface area contributed by atoms with Gasteiger partial charge in [0, 0.05) is 12.1 Å². The van der Waals surface area contributed by atoms with E-state index in [1.807, 2.05) is 6.07 Å². The largest absolute Gasteiger partial charge is 0.493 e. The van der Waals surface area contributed by atoms with Crippen LogP contribution in [0.4, 0.5) is 5.69 Å². The molecule has 0 aromatic heterocycles. The number of nitrogens with one attached hydrogen (secondary N) is 1. The normalized spacial score (nSPS) is 10.5. The SMILES string of the molecule is COC(=O)c1cc(OC)c(OC)cc1NS(=O)(=O)c1cccc(C#N)c1. The van der Waals surface area contributed by atoms with E-state index in [-0.39, 0.29) is 33.2 Å². The van der Waals surface area contributed by atoms with Gasteiger partial charge in [-0.25, -0.2) is 13.2 Å². The van der Waals surface area contributed by atoms with Crippen molar-refractivity contribution >= 4 is 21.7 Å². The number of carbonyl (C=O) groups excluding carboxylic acids is 1. The molecule has 26 heavy (non-hydrogen) atoms. The summed E-state index contributed by atoms with van der Waals surface area (Å²) in [5.74, 6) is -0.291. The van der Waals surface area contributed by atoms with E-state index in [0.717, 1.165) is 0 Å². The summed E-state index contributed by atoms with van der Waals surface area (Å²) in [7, 11) is -0.121. The van der Waals surface area contributed by atoms with E-state index in [2.05, 4.69) is 4.72 Å². The molecule has 136 valence electrons. The van der Waals surface area contributed by atoms with Crippen LogP contribution in [0.1, 0.15) is 15.9 Å². The van der Waals surface area contributed by atoms with E-state index in [9.17, 15) is 13.2 Å². The molecule has 2 aromatic rings. The van der Waals surface area contributed by atoms with Crippen molar-refractivity contribution in [2.45, 2.75) is 4.90 Å². The van der Waals surface area contributed by atoms with Gasteiger partial charge in [-0.1, -0.05) is 6.07 Å². The molecule has 0 saturated carbocycles. The second-order valence-electron chi connectivity index (χ2n) is 4.99. The highest BCUT2D eigenvalue weighted by molar-refractivity contribution is 7.92. The number of ether oxygens (including phenoxy) is 3. The minimum absolute atomic E-state index is 0.0446. The number of nitrogens with zero attached hydrogens (tertiary/aromatic N) is 1. The zero-order chi connectivity index (χ0) is 19.3. The quantitative estimate of drug-likeness (QED) is 0.768. The zero-order valence-electron chi connectivity index (χ0n) is 14.3. The predicted octanol–water partition coefficient (Wildman–Crippen LogP) is 2.16. The molecule has 0 aliphatic heterocycles. The number of rotatable bonds is 6. The third kappa shape index (κ3) is 3.87. The molecular weight excluding hydrogens is 360 g/mol. The lowest BCUT2D eigenvalue weighted by molar-refractivity contribution is 0.0601. The van der Waals surface area contributed by atoms with Crippen LogP contribution in [0, 0.1) is 11.3 Å². The average Bonchev–Trinajstić information content (AvgIpc) is 2.66. The first-order valence-electron chi connectivity index (χ1n) is 7.23. The molecule has 0 spiro atoms. The molecule has 0 radical (unpaired) electrons. The van der Waals surface area contributed by atoms with Gasteiger partial charge < -0.3 is 14.2 Å². The van der Waals surface area contributed by atoms with Crippen molar-refractivity contribution in [3.05, 3.63) is 47.5 Å². The van der Waals surface area contributed by atoms with Gasteiger partial charge in [-0.15, -0.1) is 0 Å². The van der Waals surface area contributed by atoms with Gasteiger partial charge in [0.05, 0.1) is 49.1 Å². The number of sulfonamides is 1. The van der Waals surface area contributed by atoms with Gasteiger partial charge in [-0.2, -0.15) is 5.26 Å². The molecule has 0 atom stereocenters. The fourth-order valence-corrected chi connectivity index (χ4v) is 3.29. The van der Waals surface area contributed by atoms with Crippen molar-refractivity contribution in [3.8, 4) is 17.6 Å². The second kappa shape index (κ2) is 7.76. The van der Waals surface area contributed by atoms with Gasteiger partial charge in [0.2, 0.25) is 0 Å². The van der Waals surface area contributed by atoms with Gasteiger partial charge in [0.1, 0.15) is 0 Å². The summed E-state index contributed by atoms with van der Waals surface area (Å²) in [5, 5.41) is 8.94. The molecule has 2 rings (SSSR count). The Morgan fingerprint density at radius 3 is 2.31 bits per heavy atom. The van der Waals surface area contributed by atoms with E-state index in [4.69, 9.17) is 19.5 Å². The first-order valence-corrected chi connectivity index (χ1v) is 8.72. The van der Waals surface area contributed by atoms with Crippen LogP contribution in [0.3, 0.4) is 0 Å². The Kier molecular flexibility index (Phi) is 5.69. The minimum Gasteiger partial charge on any atom is -0.493 e. The summed E-state index contributed by atoms with van der Waals surface area (Å²) in [5.41, 5.74) is 0.0930. The number of nitriles is 1. The van der Waals surface area contributed by atoms with Crippen LogP contribution < -0.4 is 14.2 Å². The maximum Gasteiger partial charge on any atom is 0.340 e. The fraction of sp³-hybridized carbons (Fsp3) is 0.176. The van der Waals surface area contributed by atoms with E-state index in [1.165, 1.54) is 57.7 Å². The van der Waals surface area contributed by atoms with Crippen LogP contribution >= 0.6 is 0 Å². The van der Waals surface area contributed by atoms with Gasteiger partial charge >= 0.3 is 5.97 Å². The van der Waals surface area contributed by atoms with Crippen LogP contribution in [0.5, 0.6) is 11.5 Å². The summed E-state index contributed by atoms with van der Waals surface area (Å²) < 4.78 is 42.6. The molecule has 0 fully saturated rings. The molecule has 0 heterocycles. The Morgan fingerprint density at radius 1 is 1.08 bits per heavy atom. The number of carbonyl (C=O) groups is 1. The Hall–Kier alpha value is -3.25. The van der Waals surface area contributed by atoms with Crippen molar-refractivity contribution < 1.29 is 27.4 Å². The molecule has 8 nitrogen and oxygen atoms in total. The van der Waals surface area contributed by atoms with E-state index in [0.29, 0.717) is 0 Å².